The number of nitrogens with one attached hydrogen (secondary N) is 3. The fourth-order valence-electron chi connectivity index (χ4n) is 5.88. The Hall–Kier alpha value is -4.73. The fourth-order valence-corrected chi connectivity index (χ4v) is 5.88. The molecule has 0 aliphatic carbocycles. The minimum absolute atomic E-state index is 0.0767. The zero-order valence-electron chi connectivity index (χ0n) is 25.2. The number of carbonyl (C=O) groups excluding carboxylic acids is 2. The zero-order valence-corrected chi connectivity index (χ0v) is 25.2. The summed E-state index contributed by atoms with van der Waals surface area (Å²) in [5, 5.41) is 24.8. The Balaban J connectivity index is 1.79. The van der Waals surface area contributed by atoms with E-state index in [2.05, 4.69) is 22.2 Å². The Morgan fingerprint density at radius 3 is 2.30 bits per heavy atom. The van der Waals surface area contributed by atoms with Crippen molar-refractivity contribution >= 4 is 41.6 Å². The molecule has 1 saturated heterocycles. The summed E-state index contributed by atoms with van der Waals surface area (Å²) in [4.78, 5) is 56.0. The molecule has 43 heavy (non-hydrogen) atoms. The van der Waals surface area contributed by atoms with Gasteiger partial charge in [-0.25, -0.2) is 0 Å². The highest BCUT2D eigenvalue weighted by molar-refractivity contribution is 6.07. The number of hydrogen-bond acceptors (Lipinski definition) is 5. The molecule has 10 nitrogen and oxygen atoms in total. The van der Waals surface area contributed by atoms with Crippen LogP contribution in [0, 0.1) is 12.8 Å². The van der Waals surface area contributed by atoms with E-state index in [0.717, 1.165) is 44.8 Å². The van der Waals surface area contributed by atoms with Gasteiger partial charge in [0.1, 0.15) is 0 Å². The number of aromatic amines is 1. The molecule has 0 bridgehead atoms. The lowest BCUT2D eigenvalue weighted by Crippen LogP contribution is -2.30. The van der Waals surface area contributed by atoms with Gasteiger partial charge >= 0.3 is 11.9 Å². The lowest BCUT2D eigenvalue weighted by atomic mass is 9.95. The first-order valence-electron chi connectivity index (χ1n) is 14.3. The van der Waals surface area contributed by atoms with Crippen molar-refractivity contribution in [2.75, 3.05) is 0 Å². The highest BCUT2D eigenvalue weighted by atomic mass is 16.4. The predicted octanol–water partition coefficient (Wildman–Crippen LogP) is 4.76. The van der Waals surface area contributed by atoms with Crippen LogP contribution in [-0.4, -0.2) is 50.7 Å². The number of carbonyl (C=O) groups is 4. The van der Waals surface area contributed by atoms with E-state index in [1.54, 1.807) is 6.08 Å². The SMILES string of the molecule is C=CC1=C(C)C(CC2=N/C(=C/c3[nH]c(/C=C4/NC(=O)C(C)/C4=C\C)c(C)c3CCC(=O)O)C(CCC(=O)O)=C2C)NC1=O. The number of aliphatic imine (C=N–C) groups is 1. The van der Waals surface area contributed by atoms with Crippen LogP contribution in [0.15, 0.2) is 63.0 Å². The highest BCUT2D eigenvalue weighted by Gasteiger charge is 2.32. The number of hydrogen-bond donors (Lipinski definition) is 5. The molecule has 226 valence electrons. The maximum atomic E-state index is 12.4. The van der Waals surface area contributed by atoms with Crippen LogP contribution in [0.2, 0.25) is 0 Å². The fraction of sp³-hybridized carbons (Fsp3) is 0.364. The summed E-state index contributed by atoms with van der Waals surface area (Å²) in [6.45, 7) is 13.2. The Kier molecular flexibility index (Phi) is 9.18. The van der Waals surface area contributed by atoms with E-state index in [4.69, 9.17) is 4.99 Å². The molecule has 2 atom stereocenters. The Labute approximate surface area is 250 Å². The molecule has 3 aliphatic heterocycles. The summed E-state index contributed by atoms with van der Waals surface area (Å²) >= 11 is 0. The Morgan fingerprint density at radius 2 is 1.70 bits per heavy atom. The minimum Gasteiger partial charge on any atom is -0.481 e. The van der Waals surface area contributed by atoms with Crippen molar-refractivity contribution in [3.05, 3.63) is 80.5 Å². The second kappa shape index (κ2) is 12.6. The third kappa shape index (κ3) is 6.38. The van der Waals surface area contributed by atoms with Gasteiger partial charge in [0.25, 0.3) is 5.91 Å². The van der Waals surface area contributed by atoms with Crippen molar-refractivity contribution in [3.8, 4) is 0 Å². The summed E-state index contributed by atoms with van der Waals surface area (Å²) in [5.74, 6) is -2.39. The number of H-pyrrole nitrogens is 1. The van der Waals surface area contributed by atoms with E-state index < -0.39 is 11.9 Å². The average Bonchev–Trinajstić information content (AvgIpc) is 3.59. The Morgan fingerprint density at radius 1 is 1.02 bits per heavy atom. The van der Waals surface area contributed by atoms with Crippen molar-refractivity contribution in [1.82, 2.24) is 15.6 Å². The maximum Gasteiger partial charge on any atom is 0.303 e. The van der Waals surface area contributed by atoms with Crippen molar-refractivity contribution in [2.24, 2.45) is 10.9 Å². The number of allylic oxidation sites excluding steroid dienone is 4. The number of aliphatic carboxylic acids is 2. The summed E-state index contributed by atoms with van der Waals surface area (Å²) in [7, 11) is 0. The van der Waals surface area contributed by atoms with Crippen LogP contribution < -0.4 is 10.6 Å². The molecule has 1 aromatic heterocycles. The lowest BCUT2D eigenvalue weighted by molar-refractivity contribution is -0.138. The Bertz CT molecular complexity index is 1610. The second-order valence-electron chi connectivity index (χ2n) is 11.1. The number of carboxylic acid groups (broad SMARTS) is 2. The quantitative estimate of drug-likeness (QED) is 0.251. The molecule has 0 aromatic carbocycles. The molecule has 1 aromatic rings. The summed E-state index contributed by atoms with van der Waals surface area (Å²) in [5.41, 5.74) is 9.05. The molecule has 0 radical (unpaired) electrons. The van der Waals surface area contributed by atoms with Gasteiger partial charge in [-0.2, -0.15) is 0 Å². The molecule has 4 rings (SSSR count). The van der Waals surface area contributed by atoms with Gasteiger partial charge in [-0.1, -0.05) is 18.7 Å². The lowest BCUT2D eigenvalue weighted by Gasteiger charge is -2.13. The van der Waals surface area contributed by atoms with E-state index in [-0.39, 0.29) is 49.5 Å². The standard InChI is InChI=1S/C33H38N4O6/c1-7-20-19(6)32(42)37-27(20)14-25-18(5)23(10-12-31(40)41)29(35-25)15-28-22(9-11-30(38)39)17(4)24(34-28)13-26-16(3)21(8-2)33(43)36-26/h7-8,14-15,19,26,35H,2,9-13H2,1,3-6H3,(H,36,43)(H,37,42)(H,38,39)(H,40,41)/b20-7+,27-14+,28-15+. The summed E-state index contributed by atoms with van der Waals surface area (Å²) in [6, 6.07) is -0.254. The van der Waals surface area contributed by atoms with E-state index in [1.807, 2.05) is 52.8 Å². The third-order valence-corrected chi connectivity index (χ3v) is 8.49. The van der Waals surface area contributed by atoms with Gasteiger partial charge in [0.15, 0.2) is 0 Å². The number of aromatic nitrogens is 1. The van der Waals surface area contributed by atoms with Crippen LogP contribution in [0.4, 0.5) is 0 Å². The van der Waals surface area contributed by atoms with Crippen LogP contribution in [0.25, 0.3) is 12.2 Å². The number of carboxylic acids is 2. The van der Waals surface area contributed by atoms with Gasteiger partial charge in [0.2, 0.25) is 5.91 Å². The van der Waals surface area contributed by atoms with Crippen molar-refractivity contribution in [3.63, 3.8) is 0 Å². The van der Waals surface area contributed by atoms with Crippen LogP contribution in [0.5, 0.6) is 0 Å². The first-order chi connectivity index (χ1) is 20.4. The van der Waals surface area contributed by atoms with Gasteiger partial charge in [-0.3, -0.25) is 24.2 Å². The van der Waals surface area contributed by atoms with Gasteiger partial charge in [0, 0.05) is 47.6 Å². The minimum atomic E-state index is -0.926. The molecule has 4 heterocycles. The van der Waals surface area contributed by atoms with Crippen molar-refractivity contribution in [1.29, 1.82) is 0 Å². The third-order valence-electron chi connectivity index (χ3n) is 8.49. The van der Waals surface area contributed by atoms with Crippen LogP contribution in [0.3, 0.4) is 0 Å². The molecule has 2 amide bonds. The van der Waals surface area contributed by atoms with Crippen molar-refractivity contribution in [2.45, 2.75) is 72.8 Å². The van der Waals surface area contributed by atoms with E-state index >= 15 is 0 Å². The highest BCUT2D eigenvalue weighted by Crippen LogP contribution is 2.35. The van der Waals surface area contributed by atoms with E-state index in [9.17, 15) is 29.4 Å². The largest absolute Gasteiger partial charge is 0.481 e. The molecular weight excluding hydrogens is 548 g/mol. The molecule has 0 spiro atoms. The average molecular weight is 587 g/mol. The zero-order chi connectivity index (χ0) is 31.6. The van der Waals surface area contributed by atoms with Gasteiger partial charge in [0.05, 0.1) is 17.7 Å². The molecule has 1 fully saturated rings. The molecular formula is C33H38N4O6. The summed E-state index contributed by atoms with van der Waals surface area (Å²) < 4.78 is 0. The van der Waals surface area contributed by atoms with Crippen LogP contribution in [0.1, 0.15) is 75.9 Å². The number of nitrogens with zero attached hydrogens (tertiary/aromatic N) is 1. The van der Waals surface area contributed by atoms with E-state index in [1.165, 1.54) is 0 Å². The van der Waals surface area contributed by atoms with Crippen LogP contribution >= 0.6 is 0 Å². The number of rotatable bonds is 11. The number of amides is 2. The molecule has 10 heteroatoms. The van der Waals surface area contributed by atoms with Crippen LogP contribution in [-0.2, 0) is 25.6 Å². The topological polar surface area (TPSA) is 161 Å². The second-order valence-corrected chi connectivity index (χ2v) is 11.1. The monoisotopic (exact) mass is 586 g/mol. The van der Waals surface area contributed by atoms with E-state index in [0.29, 0.717) is 29.1 Å². The van der Waals surface area contributed by atoms with Crippen molar-refractivity contribution < 1.29 is 29.4 Å². The van der Waals surface area contributed by atoms with Gasteiger partial charge in [-0.15, -0.1) is 0 Å². The first-order valence-corrected chi connectivity index (χ1v) is 14.3. The molecule has 3 aliphatic rings. The normalized spacial score (nSPS) is 23.1. The molecule has 0 saturated carbocycles. The smallest absolute Gasteiger partial charge is 0.303 e. The summed E-state index contributed by atoms with van der Waals surface area (Å²) in [6.07, 6.45) is 7.97. The molecule has 5 N–H and O–H groups in total. The van der Waals surface area contributed by atoms with Gasteiger partial charge in [-0.05, 0) is 93.0 Å². The predicted molar refractivity (Wildman–Crippen MR) is 165 cm³/mol. The maximum absolute atomic E-state index is 12.4. The van der Waals surface area contributed by atoms with Gasteiger partial charge < -0.3 is 25.8 Å². The first kappa shape index (κ1) is 31.2. The molecule has 2 unspecified atom stereocenters.